The number of hydrogen-bond donors (Lipinski definition) is 0. The average Bonchev–Trinajstić information content (AvgIpc) is 2.88. The quantitative estimate of drug-likeness (QED) is 0.653. The molecule has 4 aliphatic carbocycles. The first-order chi connectivity index (χ1) is 11.4. The molecule has 3 saturated carbocycles. The summed E-state index contributed by atoms with van der Waals surface area (Å²) >= 11 is 0. The van der Waals surface area contributed by atoms with E-state index < -0.39 is 0 Å². The third-order valence-electron chi connectivity index (χ3n) is 8.79. The Bertz CT molecular complexity index is 564. The lowest BCUT2D eigenvalue weighted by molar-refractivity contribution is -0.132. The SMILES string of the molecule is CCC1C[C@@]2(C)C(=CC[C@@H]3[C@H]2CC[C@]2(C)C(=O)CC[C@@H]32)CC1OC. The van der Waals surface area contributed by atoms with Gasteiger partial charge in [-0.05, 0) is 67.6 Å². The Morgan fingerprint density at radius 1 is 1.21 bits per heavy atom. The van der Waals surface area contributed by atoms with Gasteiger partial charge in [0.25, 0.3) is 0 Å². The number of carbonyl (C=O) groups is 1. The monoisotopic (exact) mass is 330 g/mol. The van der Waals surface area contributed by atoms with Crippen molar-refractivity contribution in [3.8, 4) is 0 Å². The Balaban J connectivity index is 1.67. The number of fused-ring (bicyclic) bond motifs is 5. The molecule has 2 nitrogen and oxygen atoms in total. The maximum absolute atomic E-state index is 12.5. The topological polar surface area (TPSA) is 26.3 Å². The maximum atomic E-state index is 12.5. The molecule has 24 heavy (non-hydrogen) atoms. The average molecular weight is 331 g/mol. The molecule has 0 saturated heterocycles. The Hall–Kier alpha value is -0.630. The van der Waals surface area contributed by atoms with Crippen LogP contribution in [0.2, 0.25) is 0 Å². The highest BCUT2D eigenvalue weighted by Crippen LogP contribution is 2.64. The van der Waals surface area contributed by atoms with Crippen LogP contribution in [-0.2, 0) is 9.53 Å². The molecule has 0 aromatic carbocycles. The van der Waals surface area contributed by atoms with Crippen LogP contribution in [0.25, 0.3) is 0 Å². The summed E-state index contributed by atoms with van der Waals surface area (Å²) in [6.45, 7) is 7.15. The molecule has 4 rings (SSSR count). The molecule has 0 aromatic heterocycles. The zero-order valence-electron chi connectivity index (χ0n) is 15.9. The fraction of sp³-hybridized carbons (Fsp3) is 0.864. The van der Waals surface area contributed by atoms with E-state index in [-0.39, 0.29) is 5.41 Å². The fourth-order valence-electron chi connectivity index (χ4n) is 7.27. The van der Waals surface area contributed by atoms with E-state index in [0.717, 1.165) is 37.5 Å². The Kier molecular flexibility index (Phi) is 3.99. The van der Waals surface area contributed by atoms with Crippen LogP contribution in [0.1, 0.15) is 72.1 Å². The van der Waals surface area contributed by atoms with Gasteiger partial charge in [0.1, 0.15) is 5.78 Å². The predicted molar refractivity (Wildman–Crippen MR) is 96.7 cm³/mol. The van der Waals surface area contributed by atoms with Crippen LogP contribution < -0.4 is 0 Å². The lowest BCUT2D eigenvalue weighted by Gasteiger charge is -2.58. The maximum Gasteiger partial charge on any atom is 0.139 e. The van der Waals surface area contributed by atoms with Crippen molar-refractivity contribution in [2.75, 3.05) is 7.11 Å². The van der Waals surface area contributed by atoms with Gasteiger partial charge in [-0.1, -0.05) is 38.8 Å². The van der Waals surface area contributed by atoms with Gasteiger partial charge in [-0.2, -0.15) is 0 Å². The normalized spacial score (nSPS) is 50.8. The van der Waals surface area contributed by atoms with Gasteiger partial charge in [-0.3, -0.25) is 4.79 Å². The lowest BCUT2D eigenvalue weighted by Crippen LogP contribution is -2.52. The second kappa shape index (κ2) is 5.69. The first-order valence-electron chi connectivity index (χ1n) is 10.2. The molecular weight excluding hydrogens is 296 g/mol. The van der Waals surface area contributed by atoms with Crippen LogP contribution in [0.4, 0.5) is 0 Å². The standard InChI is InChI=1S/C22H34O2/c1-5-14-13-22(3)15(12-19(14)24-4)6-7-16-17-8-9-20(23)21(17,2)11-10-18(16)22/h6,14,16-19H,5,7-13H2,1-4H3/t14?,16-,17-,18+,19?,21-,22-/m0/s1. The third-order valence-corrected chi connectivity index (χ3v) is 8.79. The number of ether oxygens (including phenoxy) is 1. The van der Waals surface area contributed by atoms with Crippen molar-refractivity contribution in [2.24, 2.45) is 34.5 Å². The Labute approximate surface area is 147 Å². The first-order valence-corrected chi connectivity index (χ1v) is 10.2. The highest BCUT2D eigenvalue weighted by molar-refractivity contribution is 5.87. The minimum absolute atomic E-state index is 0.00321. The predicted octanol–water partition coefficient (Wildman–Crippen LogP) is 5.17. The lowest BCUT2D eigenvalue weighted by atomic mass is 9.47. The molecule has 2 unspecified atom stereocenters. The molecule has 0 heterocycles. The van der Waals surface area contributed by atoms with Crippen molar-refractivity contribution in [3.05, 3.63) is 11.6 Å². The van der Waals surface area contributed by atoms with E-state index in [1.165, 1.54) is 25.7 Å². The van der Waals surface area contributed by atoms with Gasteiger partial charge in [0.15, 0.2) is 0 Å². The van der Waals surface area contributed by atoms with Crippen molar-refractivity contribution < 1.29 is 9.53 Å². The number of ketones is 1. The molecule has 0 amide bonds. The van der Waals surface area contributed by atoms with Crippen molar-refractivity contribution in [3.63, 3.8) is 0 Å². The molecule has 134 valence electrons. The molecule has 0 spiro atoms. The summed E-state index contributed by atoms with van der Waals surface area (Å²) in [5, 5.41) is 0. The van der Waals surface area contributed by atoms with E-state index in [0.29, 0.717) is 29.1 Å². The highest BCUT2D eigenvalue weighted by Gasteiger charge is 2.59. The third kappa shape index (κ3) is 2.14. The summed E-state index contributed by atoms with van der Waals surface area (Å²) in [5.74, 6) is 3.40. The second-order valence-corrected chi connectivity index (χ2v) is 9.53. The zero-order chi connectivity index (χ0) is 17.1. The summed E-state index contributed by atoms with van der Waals surface area (Å²) in [5.41, 5.74) is 2.02. The van der Waals surface area contributed by atoms with Gasteiger partial charge in [-0.25, -0.2) is 0 Å². The molecule has 0 N–H and O–H groups in total. The Morgan fingerprint density at radius 3 is 2.67 bits per heavy atom. The Morgan fingerprint density at radius 2 is 1.96 bits per heavy atom. The number of hydrogen-bond acceptors (Lipinski definition) is 2. The number of allylic oxidation sites excluding steroid dienone is 1. The number of Topliss-reactive ketones (excluding diaryl/α,β-unsaturated/α-hetero) is 1. The van der Waals surface area contributed by atoms with E-state index >= 15 is 0 Å². The molecule has 0 bridgehead atoms. The summed E-state index contributed by atoms with van der Waals surface area (Å²) in [6, 6.07) is 0. The van der Waals surface area contributed by atoms with Crippen molar-refractivity contribution in [1.29, 1.82) is 0 Å². The van der Waals surface area contributed by atoms with Gasteiger partial charge in [-0.15, -0.1) is 0 Å². The number of rotatable bonds is 2. The van der Waals surface area contributed by atoms with Crippen LogP contribution in [0, 0.1) is 34.5 Å². The van der Waals surface area contributed by atoms with Crippen molar-refractivity contribution in [1.82, 2.24) is 0 Å². The van der Waals surface area contributed by atoms with Crippen LogP contribution in [0.15, 0.2) is 11.6 Å². The summed E-state index contributed by atoms with van der Waals surface area (Å²) in [6.07, 6.45) is 12.2. The summed E-state index contributed by atoms with van der Waals surface area (Å²) in [7, 11) is 1.89. The van der Waals surface area contributed by atoms with Crippen LogP contribution in [-0.4, -0.2) is 19.0 Å². The molecule has 4 aliphatic rings. The molecule has 0 aromatic rings. The number of methoxy groups -OCH3 is 1. The minimum atomic E-state index is -0.00321. The van der Waals surface area contributed by atoms with Gasteiger partial charge in [0.05, 0.1) is 6.10 Å². The summed E-state index contributed by atoms with van der Waals surface area (Å²) in [4.78, 5) is 12.5. The van der Waals surface area contributed by atoms with Crippen molar-refractivity contribution >= 4 is 5.78 Å². The van der Waals surface area contributed by atoms with E-state index in [1.807, 2.05) is 7.11 Å². The minimum Gasteiger partial charge on any atom is -0.381 e. The van der Waals surface area contributed by atoms with Crippen LogP contribution in [0.3, 0.4) is 0 Å². The van der Waals surface area contributed by atoms with Gasteiger partial charge in [0.2, 0.25) is 0 Å². The van der Waals surface area contributed by atoms with E-state index in [9.17, 15) is 4.79 Å². The fourth-order valence-corrected chi connectivity index (χ4v) is 7.27. The van der Waals surface area contributed by atoms with Crippen LogP contribution in [0.5, 0.6) is 0 Å². The van der Waals surface area contributed by atoms with Gasteiger partial charge >= 0.3 is 0 Å². The van der Waals surface area contributed by atoms with Gasteiger partial charge in [0, 0.05) is 18.9 Å². The summed E-state index contributed by atoms with van der Waals surface area (Å²) < 4.78 is 5.84. The second-order valence-electron chi connectivity index (χ2n) is 9.53. The molecule has 0 aliphatic heterocycles. The van der Waals surface area contributed by atoms with E-state index in [2.05, 4.69) is 26.8 Å². The highest BCUT2D eigenvalue weighted by atomic mass is 16.5. The molecular formula is C22H34O2. The van der Waals surface area contributed by atoms with E-state index in [1.54, 1.807) is 5.57 Å². The van der Waals surface area contributed by atoms with Gasteiger partial charge < -0.3 is 4.74 Å². The van der Waals surface area contributed by atoms with Crippen molar-refractivity contribution in [2.45, 2.75) is 78.2 Å². The largest absolute Gasteiger partial charge is 0.381 e. The van der Waals surface area contributed by atoms with E-state index in [4.69, 9.17) is 4.74 Å². The molecule has 0 radical (unpaired) electrons. The number of carbonyl (C=O) groups excluding carboxylic acids is 1. The molecule has 7 atom stereocenters. The molecule has 3 fully saturated rings. The molecule has 2 heteroatoms. The zero-order valence-corrected chi connectivity index (χ0v) is 15.9. The first kappa shape index (κ1) is 16.8. The van der Waals surface area contributed by atoms with Crippen LogP contribution >= 0.6 is 0 Å². The smallest absolute Gasteiger partial charge is 0.139 e.